The van der Waals surface area contributed by atoms with Crippen molar-refractivity contribution in [2.45, 2.75) is 52.5 Å². The summed E-state index contributed by atoms with van der Waals surface area (Å²) in [5.74, 6) is 0. The first kappa shape index (κ1) is 15.9. The number of nitrogens with two attached hydrogens (primary N) is 1. The second-order valence-electron chi connectivity index (χ2n) is 7.13. The number of nitrogens with zero attached hydrogens (tertiary/aromatic N) is 2. The molecule has 0 radical (unpaired) electrons. The van der Waals surface area contributed by atoms with Gasteiger partial charge in [0.05, 0.1) is 0 Å². The maximum Gasteiger partial charge on any atom is 0.0341 e. The molecule has 3 nitrogen and oxygen atoms in total. The average Bonchev–Trinajstić information content (AvgIpc) is 2.49. The van der Waals surface area contributed by atoms with E-state index in [0.29, 0.717) is 5.41 Å². The fourth-order valence-corrected chi connectivity index (χ4v) is 3.17. The van der Waals surface area contributed by atoms with E-state index in [1.807, 2.05) is 0 Å². The molecule has 2 N–H and O–H groups in total. The van der Waals surface area contributed by atoms with Crippen LogP contribution in [0, 0.1) is 5.41 Å². The van der Waals surface area contributed by atoms with Crippen molar-refractivity contribution in [3.05, 3.63) is 0 Å². The first-order valence-corrected chi connectivity index (χ1v) is 7.47. The Balaban J connectivity index is 2.72. The molecule has 0 saturated carbocycles. The van der Waals surface area contributed by atoms with Gasteiger partial charge in [-0.3, -0.25) is 4.90 Å². The van der Waals surface area contributed by atoms with Crippen LogP contribution in [0.4, 0.5) is 0 Å². The minimum absolute atomic E-state index is 0.219. The molecule has 0 aliphatic carbocycles. The van der Waals surface area contributed by atoms with E-state index in [1.165, 1.54) is 38.9 Å². The minimum atomic E-state index is 0.219. The van der Waals surface area contributed by atoms with E-state index < -0.39 is 0 Å². The van der Waals surface area contributed by atoms with Gasteiger partial charge in [-0.2, -0.15) is 0 Å². The van der Waals surface area contributed by atoms with Crippen LogP contribution in [0.3, 0.4) is 0 Å². The SMILES string of the molecule is CCN1CCCC(CN)(N(C)CC(C)(C)C)CC1. The first-order chi connectivity index (χ1) is 8.33. The lowest BCUT2D eigenvalue weighted by atomic mass is 9.86. The summed E-state index contributed by atoms with van der Waals surface area (Å²) in [4.78, 5) is 5.09. The highest BCUT2D eigenvalue weighted by atomic mass is 15.2. The van der Waals surface area contributed by atoms with E-state index >= 15 is 0 Å². The van der Waals surface area contributed by atoms with Crippen molar-refractivity contribution < 1.29 is 0 Å². The molecule has 108 valence electrons. The Labute approximate surface area is 114 Å². The molecule has 1 heterocycles. The smallest absolute Gasteiger partial charge is 0.0341 e. The molecule has 0 bridgehead atoms. The summed E-state index contributed by atoms with van der Waals surface area (Å²) in [6.45, 7) is 14.7. The number of hydrogen-bond donors (Lipinski definition) is 1. The molecule has 0 amide bonds. The van der Waals surface area contributed by atoms with E-state index in [9.17, 15) is 0 Å². The van der Waals surface area contributed by atoms with Gasteiger partial charge in [0, 0.05) is 18.6 Å². The van der Waals surface area contributed by atoms with Gasteiger partial charge in [-0.25, -0.2) is 0 Å². The van der Waals surface area contributed by atoms with Gasteiger partial charge in [-0.15, -0.1) is 0 Å². The van der Waals surface area contributed by atoms with Crippen molar-refractivity contribution in [1.29, 1.82) is 0 Å². The highest BCUT2D eigenvalue weighted by Crippen LogP contribution is 2.29. The molecule has 1 aliphatic rings. The van der Waals surface area contributed by atoms with Gasteiger partial charge in [-0.05, 0) is 51.4 Å². The van der Waals surface area contributed by atoms with Crippen LogP contribution in [-0.2, 0) is 0 Å². The van der Waals surface area contributed by atoms with Gasteiger partial charge in [0.25, 0.3) is 0 Å². The lowest BCUT2D eigenvalue weighted by molar-refractivity contribution is 0.0724. The molecule has 3 heteroatoms. The van der Waals surface area contributed by atoms with Crippen LogP contribution in [0.15, 0.2) is 0 Å². The summed E-state index contributed by atoms with van der Waals surface area (Å²) in [5.41, 5.74) is 6.71. The molecular formula is C15H33N3. The zero-order chi connectivity index (χ0) is 13.8. The summed E-state index contributed by atoms with van der Waals surface area (Å²) < 4.78 is 0. The van der Waals surface area contributed by atoms with Crippen molar-refractivity contribution in [2.75, 3.05) is 39.8 Å². The highest BCUT2D eigenvalue weighted by Gasteiger charge is 2.36. The Morgan fingerprint density at radius 3 is 2.39 bits per heavy atom. The van der Waals surface area contributed by atoms with Crippen LogP contribution in [0.1, 0.15) is 47.0 Å². The largest absolute Gasteiger partial charge is 0.329 e. The van der Waals surface area contributed by atoms with E-state index in [4.69, 9.17) is 5.73 Å². The lowest BCUT2D eigenvalue weighted by Crippen LogP contribution is -2.54. The van der Waals surface area contributed by atoms with E-state index in [0.717, 1.165) is 13.1 Å². The maximum atomic E-state index is 6.15. The molecule has 18 heavy (non-hydrogen) atoms. The molecule has 0 aromatic heterocycles. The van der Waals surface area contributed by atoms with Gasteiger partial charge < -0.3 is 10.6 Å². The Bertz CT molecular complexity index is 247. The Morgan fingerprint density at radius 2 is 1.89 bits per heavy atom. The lowest BCUT2D eigenvalue weighted by Gasteiger charge is -2.43. The van der Waals surface area contributed by atoms with Crippen molar-refractivity contribution in [2.24, 2.45) is 11.1 Å². The summed E-state index contributed by atoms with van der Waals surface area (Å²) in [5, 5.41) is 0. The predicted octanol–water partition coefficient (Wildman–Crippen LogP) is 2.17. The quantitative estimate of drug-likeness (QED) is 0.835. The van der Waals surface area contributed by atoms with E-state index in [1.54, 1.807) is 0 Å². The second kappa shape index (κ2) is 6.36. The van der Waals surface area contributed by atoms with Gasteiger partial charge in [-0.1, -0.05) is 27.7 Å². The summed E-state index contributed by atoms with van der Waals surface area (Å²) in [6.07, 6.45) is 3.73. The third-order valence-corrected chi connectivity index (χ3v) is 4.36. The molecule has 1 atom stereocenters. The highest BCUT2D eigenvalue weighted by molar-refractivity contribution is 4.94. The van der Waals surface area contributed by atoms with Crippen LogP contribution in [0.2, 0.25) is 0 Å². The monoisotopic (exact) mass is 255 g/mol. The molecule has 1 unspecified atom stereocenters. The Kier molecular flexibility index (Phi) is 5.63. The van der Waals surface area contributed by atoms with Gasteiger partial charge in [0.15, 0.2) is 0 Å². The van der Waals surface area contributed by atoms with Crippen molar-refractivity contribution in [3.8, 4) is 0 Å². The van der Waals surface area contributed by atoms with Crippen molar-refractivity contribution in [3.63, 3.8) is 0 Å². The number of likely N-dealkylation sites (N-methyl/N-ethyl adjacent to an activating group) is 1. The summed E-state index contributed by atoms with van der Waals surface area (Å²) in [6, 6.07) is 0. The fourth-order valence-electron chi connectivity index (χ4n) is 3.17. The number of hydrogen-bond acceptors (Lipinski definition) is 3. The van der Waals surface area contributed by atoms with E-state index in [-0.39, 0.29) is 5.54 Å². The second-order valence-corrected chi connectivity index (χ2v) is 7.13. The summed E-state index contributed by atoms with van der Waals surface area (Å²) in [7, 11) is 2.26. The van der Waals surface area contributed by atoms with Gasteiger partial charge in [0.1, 0.15) is 0 Å². The molecule has 0 aromatic carbocycles. The third kappa shape index (κ3) is 4.22. The standard InChI is InChI=1S/C15H33N3/c1-6-18-10-7-8-15(12-16,9-11-18)17(5)13-14(2,3)4/h6-13,16H2,1-5H3. The van der Waals surface area contributed by atoms with Gasteiger partial charge in [0.2, 0.25) is 0 Å². The van der Waals surface area contributed by atoms with E-state index in [2.05, 4.69) is 44.5 Å². The maximum absolute atomic E-state index is 6.15. The molecule has 0 aromatic rings. The minimum Gasteiger partial charge on any atom is -0.329 e. The Hall–Kier alpha value is -0.120. The van der Waals surface area contributed by atoms with Crippen LogP contribution in [-0.4, -0.2) is 55.1 Å². The van der Waals surface area contributed by atoms with Crippen molar-refractivity contribution in [1.82, 2.24) is 9.80 Å². The fraction of sp³-hybridized carbons (Fsp3) is 1.00. The molecule has 0 spiro atoms. The molecule has 1 fully saturated rings. The zero-order valence-corrected chi connectivity index (χ0v) is 13.1. The normalized spacial score (nSPS) is 27.5. The zero-order valence-electron chi connectivity index (χ0n) is 13.1. The first-order valence-electron chi connectivity index (χ1n) is 7.47. The molecule has 1 saturated heterocycles. The van der Waals surface area contributed by atoms with Gasteiger partial charge >= 0.3 is 0 Å². The molecule has 1 aliphatic heterocycles. The third-order valence-electron chi connectivity index (χ3n) is 4.36. The van der Waals surface area contributed by atoms with Crippen LogP contribution in [0.5, 0.6) is 0 Å². The number of likely N-dealkylation sites (tertiary alicyclic amines) is 1. The molecule has 1 rings (SSSR count). The van der Waals surface area contributed by atoms with Crippen LogP contribution >= 0.6 is 0 Å². The van der Waals surface area contributed by atoms with Crippen LogP contribution in [0.25, 0.3) is 0 Å². The molecular weight excluding hydrogens is 222 g/mol. The predicted molar refractivity (Wildman–Crippen MR) is 79.8 cm³/mol. The van der Waals surface area contributed by atoms with Crippen molar-refractivity contribution >= 4 is 0 Å². The Morgan fingerprint density at radius 1 is 1.22 bits per heavy atom. The van der Waals surface area contributed by atoms with Crippen LogP contribution < -0.4 is 5.73 Å². The average molecular weight is 255 g/mol. The summed E-state index contributed by atoms with van der Waals surface area (Å²) >= 11 is 0. The number of rotatable bonds is 4. The topological polar surface area (TPSA) is 32.5 Å².